The van der Waals surface area contributed by atoms with E-state index >= 15 is 0 Å². The number of hydrogen-bond donors (Lipinski definition) is 4. The van der Waals surface area contributed by atoms with E-state index in [1.54, 1.807) is 0 Å². The Labute approximate surface area is 199 Å². The molecule has 2 aliphatic heterocycles. The summed E-state index contributed by atoms with van der Waals surface area (Å²) in [5.41, 5.74) is 1.05. The molecule has 0 radical (unpaired) electrons. The van der Waals surface area contributed by atoms with Gasteiger partial charge in [0.25, 0.3) is 10.2 Å². The van der Waals surface area contributed by atoms with E-state index in [4.69, 9.17) is 15.4 Å². The minimum absolute atomic E-state index is 0.330. The Bertz CT molecular complexity index is 1000. The zero-order valence-corrected chi connectivity index (χ0v) is 19.7. The first kappa shape index (κ1) is 26.1. The predicted molar refractivity (Wildman–Crippen MR) is 123 cm³/mol. The van der Waals surface area contributed by atoms with Gasteiger partial charge in [-0.2, -0.15) is 18.0 Å². The maximum atomic E-state index is 11.5. The SMILES string of the molecule is N#CCC1(N2CCC(N[C@@H]3C[C@H]3c3ccccc3)CC2)CN(S(N)(=O)=O)C1.O=C(O)CC(=O)O. The summed E-state index contributed by atoms with van der Waals surface area (Å²) in [5.74, 6) is -2.00. The molecule has 11 nitrogen and oxygen atoms in total. The number of hydrogen-bond acceptors (Lipinski definition) is 7. The number of carboxylic acids is 2. The van der Waals surface area contributed by atoms with E-state index in [1.807, 2.05) is 0 Å². The first-order valence-corrected chi connectivity index (χ1v) is 12.7. The standard InChI is InChI=1S/C19H27N5O2S.C3H4O4/c20-9-8-19(13-24(14-19)27(21,25)26)23-10-6-16(7-11-23)22-18-12-17(18)15-4-2-1-3-5-15;4-2(5)1-3(6)7/h1-5,16-18,22H,6-8,10-14H2,(H2,21,25,26);1H2,(H,4,5)(H,6,7)/t17-,18+;/m0./s1. The molecule has 1 aliphatic carbocycles. The van der Waals surface area contributed by atoms with E-state index < -0.39 is 28.6 Å². The second kappa shape index (κ2) is 10.8. The summed E-state index contributed by atoms with van der Waals surface area (Å²) in [4.78, 5) is 21.2. The van der Waals surface area contributed by atoms with E-state index in [2.05, 4.69) is 46.6 Å². The van der Waals surface area contributed by atoms with Crippen LogP contribution < -0.4 is 10.5 Å². The van der Waals surface area contributed by atoms with E-state index in [-0.39, 0.29) is 5.54 Å². The second-order valence-corrected chi connectivity index (χ2v) is 10.7. The summed E-state index contributed by atoms with van der Waals surface area (Å²) in [6, 6.07) is 14.0. The van der Waals surface area contributed by atoms with Gasteiger partial charge in [0.15, 0.2) is 0 Å². The van der Waals surface area contributed by atoms with Crippen LogP contribution in [0.25, 0.3) is 0 Å². The molecule has 12 heteroatoms. The topological polar surface area (TPSA) is 177 Å². The highest BCUT2D eigenvalue weighted by molar-refractivity contribution is 7.86. The highest BCUT2D eigenvalue weighted by Gasteiger charge is 2.51. The fourth-order valence-corrected chi connectivity index (χ4v) is 5.60. The lowest BCUT2D eigenvalue weighted by Crippen LogP contribution is -2.73. The molecule has 3 aliphatic rings. The molecule has 0 amide bonds. The molecule has 186 valence electrons. The quantitative estimate of drug-likeness (QED) is 0.371. The second-order valence-electron chi connectivity index (χ2n) is 9.12. The highest BCUT2D eigenvalue weighted by Crippen LogP contribution is 2.41. The van der Waals surface area contributed by atoms with Gasteiger partial charge in [-0.1, -0.05) is 30.3 Å². The summed E-state index contributed by atoms with van der Waals surface area (Å²) in [6.07, 6.45) is 2.79. The van der Waals surface area contributed by atoms with Crippen LogP contribution in [-0.2, 0) is 19.8 Å². The third-order valence-corrected chi connectivity index (χ3v) is 7.62. The van der Waals surface area contributed by atoms with Crippen molar-refractivity contribution < 1.29 is 28.2 Å². The van der Waals surface area contributed by atoms with Crippen LogP contribution in [0, 0.1) is 11.3 Å². The van der Waals surface area contributed by atoms with Gasteiger partial charge in [0.1, 0.15) is 6.42 Å². The van der Waals surface area contributed by atoms with Crippen LogP contribution in [0.15, 0.2) is 30.3 Å². The molecule has 1 saturated carbocycles. The first-order valence-electron chi connectivity index (χ1n) is 11.2. The normalized spacial score (nSPS) is 24.7. The van der Waals surface area contributed by atoms with Gasteiger partial charge in [-0.05, 0) is 24.8 Å². The molecule has 0 spiro atoms. The molecule has 2 saturated heterocycles. The van der Waals surface area contributed by atoms with Crippen LogP contribution in [0.2, 0.25) is 0 Å². The van der Waals surface area contributed by atoms with Gasteiger partial charge in [0.05, 0.1) is 18.0 Å². The number of aliphatic carboxylic acids is 2. The molecule has 0 unspecified atom stereocenters. The van der Waals surface area contributed by atoms with Crippen LogP contribution in [0.5, 0.6) is 0 Å². The summed E-state index contributed by atoms with van der Waals surface area (Å²) < 4.78 is 24.3. The Balaban J connectivity index is 0.000000406. The number of piperidine rings is 1. The molecule has 0 aromatic heterocycles. The monoisotopic (exact) mass is 493 g/mol. The number of nitrogens with one attached hydrogen (secondary N) is 1. The Morgan fingerprint density at radius 3 is 2.21 bits per heavy atom. The first-order chi connectivity index (χ1) is 16.0. The number of nitrogens with two attached hydrogens (primary N) is 1. The number of nitrogens with zero attached hydrogens (tertiary/aromatic N) is 3. The molecule has 3 fully saturated rings. The molecule has 2 atom stereocenters. The zero-order chi connectivity index (χ0) is 24.9. The van der Waals surface area contributed by atoms with E-state index in [0.29, 0.717) is 37.5 Å². The molecule has 34 heavy (non-hydrogen) atoms. The van der Waals surface area contributed by atoms with Gasteiger partial charge >= 0.3 is 11.9 Å². The van der Waals surface area contributed by atoms with Gasteiger partial charge in [-0.15, -0.1) is 0 Å². The number of nitriles is 1. The number of carbonyl (C=O) groups is 2. The predicted octanol–water partition coefficient (Wildman–Crippen LogP) is 0.314. The van der Waals surface area contributed by atoms with Crippen molar-refractivity contribution in [3.63, 3.8) is 0 Å². The average Bonchev–Trinajstić information content (AvgIpc) is 3.49. The number of rotatable bonds is 8. The van der Waals surface area contributed by atoms with Crippen LogP contribution in [0.4, 0.5) is 0 Å². The number of benzene rings is 1. The Morgan fingerprint density at radius 1 is 1.15 bits per heavy atom. The highest BCUT2D eigenvalue weighted by atomic mass is 32.2. The van der Waals surface area contributed by atoms with Crippen LogP contribution >= 0.6 is 0 Å². The van der Waals surface area contributed by atoms with E-state index in [9.17, 15) is 23.3 Å². The molecule has 1 aromatic rings. The molecule has 5 N–H and O–H groups in total. The molecule has 0 bridgehead atoms. The molecule has 2 heterocycles. The van der Waals surface area contributed by atoms with Crippen LogP contribution in [-0.4, -0.2) is 83.6 Å². The lowest BCUT2D eigenvalue weighted by atomic mass is 9.84. The number of likely N-dealkylation sites (tertiary alicyclic amines) is 1. The summed E-state index contributed by atoms with van der Waals surface area (Å²) >= 11 is 0. The van der Waals surface area contributed by atoms with Crippen LogP contribution in [0.3, 0.4) is 0 Å². The number of carboxylic acid groups (broad SMARTS) is 2. The average molecular weight is 494 g/mol. The summed E-state index contributed by atoms with van der Waals surface area (Å²) in [6.45, 7) is 2.44. The van der Waals surface area contributed by atoms with Crippen molar-refractivity contribution in [2.75, 3.05) is 26.2 Å². The lowest BCUT2D eigenvalue weighted by molar-refractivity contribution is -0.147. The third kappa shape index (κ3) is 6.74. The largest absolute Gasteiger partial charge is 0.481 e. The maximum absolute atomic E-state index is 11.5. The van der Waals surface area contributed by atoms with Crippen LogP contribution in [0.1, 0.15) is 43.6 Å². The van der Waals surface area contributed by atoms with Crippen molar-refractivity contribution >= 4 is 22.1 Å². The van der Waals surface area contributed by atoms with Crippen molar-refractivity contribution in [2.45, 2.75) is 55.6 Å². The van der Waals surface area contributed by atoms with E-state index in [1.165, 1.54) is 16.3 Å². The Kier molecular flexibility index (Phi) is 8.27. The molecule has 4 rings (SSSR count). The van der Waals surface area contributed by atoms with Crippen molar-refractivity contribution in [1.82, 2.24) is 14.5 Å². The lowest BCUT2D eigenvalue weighted by Gasteiger charge is -2.55. The van der Waals surface area contributed by atoms with Gasteiger partial charge in [-0.25, -0.2) is 5.14 Å². The Morgan fingerprint density at radius 2 is 1.74 bits per heavy atom. The maximum Gasteiger partial charge on any atom is 0.314 e. The van der Waals surface area contributed by atoms with Crippen molar-refractivity contribution in [3.05, 3.63) is 35.9 Å². The van der Waals surface area contributed by atoms with E-state index in [0.717, 1.165) is 25.9 Å². The zero-order valence-electron chi connectivity index (χ0n) is 18.8. The third-order valence-electron chi connectivity index (χ3n) is 6.65. The fourth-order valence-electron chi connectivity index (χ4n) is 4.76. The fraction of sp³-hybridized carbons (Fsp3) is 0.591. The van der Waals surface area contributed by atoms with Gasteiger partial charge in [0.2, 0.25) is 0 Å². The van der Waals surface area contributed by atoms with Crippen molar-refractivity contribution in [3.8, 4) is 6.07 Å². The summed E-state index contributed by atoms with van der Waals surface area (Å²) in [5, 5.41) is 33.6. The minimum Gasteiger partial charge on any atom is -0.481 e. The minimum atomic E-state index is -3.66. The Hall–Kier alpha value is -2.56. The van der Waals surface area contributed by atoms with Gasteiger partial charge in [0, 0.05) is 44.2 Å². The van der Waals surface area contributed by atoms with Crippen molar-refractivity contribution in [2.24, 2.45) is 5.14 Å². The van der Waals surface area contributed by atoms with Gasteiger partial charge in [-0.3, -0.25) is 14.5 Å². The summed E-state index contributed by atoms with van der Waals surface area (Å²) in [7, 11) is -3.66. The molecular formula is C22H31N5O6S. The van der Waals surface area contributed by atoms with Crippen molar-refractivity contribution in [1.29, 1.82) is 5.26 Å². The molecular weight excluding hydrogens is 462 g/mol. The van der Waals surface area contributed by atoms with Gasteiger partial charge < -0.3 is 15.5 Å². The molecule has 1 aromatic carbocycles. The smallest absolute Gasteiger partial charge is 0.314 e.